The van der Waals surface area contributed by atoms with E-state index in [1.807, 2.05) is 37.4 Å². The monoisotopic (exact) mass is 424 g/mol. The molecule has 0 spiro atoms. The van der Waals surface area contributed by atoms with Gasteiger partial charge >= 0.3 is 5.97 Å². The lowest BCUT2D eigenvalue weighted by Gasteiger charge is -2.44. The van der Waals surface area contributed by atoms with E-state index in [9.17, 15) is 9.59 Å². The number of rotatable bonds is 3. The van der Waals surface area contributed by atoms with E-state index in [0.717, 1.165) is 17.7 Å². The van der Waals surface area contributed by atoms with Crippen molar-refractivity contribution in [2.45, 2.75) is 32.2 Å². The third-order valence-electron chi connectivity index (χ3n) is 5.61. The number of methoxy groups -OCH3 is 1. The number of fused-ring (bicyclic) bond motifs is 6. The van der Waals surface area contributed by atoms with Crippen LogP contribution in [0.25, 0.3) is 6.08 Å². The molecule has 0 aliphatic carbocycles. The fourth-order valence-corrected chi connectivity index (χ4v) is 5.31. The Labute approximate surface area is 175 Å². The zero-order valence-corrected chi connectivity index (χ0v) is 17.5. The highest BCUT2D eigenvalue weighted by Gasteiger charge is 2.55. The van der Waals surface area contributed by atoms with Crippen LogP contribution in [0.1, 0.15) is 31.0 Å². The van der Waals surface area contributed by atoms with E-state index in [-0.39, 0.29) is 5.56 Å². The number of hydrogen-bond donors (Lipinski definition) is 0. The normalized spacial score (nSPS) is 24.4. The molecule has 0 radical (unpaired) electrons. The van der Waals surface area contributed by atoms with Gasteiger partial charge < -0.3 is 9.47 Å². The van der Waals surface area contributed by atoms with Gasteiger partial charge in [0.15, 0.2) is 4.80 Å². The number of aryl methyl sites for hydroxylation is 1. The molecular formula is C21H20N4O4S. The number of aromatic nitrogens is 3. The van der Waals surface area contributed by atoms with Gasteiger partial charge in [-0.15, -0.1) is 0 Å². The van der Waals surface area contributed by atoms with E-state index in [4.69, 9.17) is 14.5 Å². The number of esters is 1. The molecule has 1 aromatic carbocycles. The van der Waals surface area contributed by atoms with Crippen molar-refractivity contribution >= 4 is 23.4 Å². The summed E-state index contributed by atoms with van der Waals surface area (Å²) in [6.45, 7) is 4.51. The fourth-order valence-electron chi connectivity index (χ4n) is 4.21. The molecule has 3 aromatic rings. The van der Waals surface area contributed by atoms with Gasteiger partial charge in [-0.05, 0) is 26.0 Å². The Morgan fingerprint density at radius 3 is 2.93 bits per heavy atom. The minimum Gasteiger partial charge on any atom is -0.469 e. The van der Waals surface area contributed by atoms with Crippen LogP contribution in [0.2, 0.25) is 0 Å². The second-order valence-electron chi connectivity index (χ2n) is 7.45. The van der Waals surface area contributed by atoms with Crippen LogP contribution in [0, 0.1) is 5.92 Å². The molecule has 3 atom stereocenters. The Bertz CT molecular complexity index is 1340. The van der Waals surface area contributed by atoms with Crippen molar-refractivity contribution in [1.82, 2.24) is 14.3 Å². The van der Waals surface area contributed by atoms with Crippen LogP contribution in [-0.4, -0.2) is 33.2 Å². The Balaban J connectivity index is 1.77. The maximum Gasteiger partial charge on any atom is 0.317 e. The van der Waals surface area contributed by atoms with Gasteiger partial charge in [0.1, 0.15) is 11.7 Å². The summed E-state index contributed by atoms with van der Waals surface area (Å²) >= 11 is 1.28. The molecule has 5 rings (SSSR count). The third-order valence-corrected chi connectivity index (χ3v) is 6.59. The van der Waals surface area contributed by atoms with Crippen molar-refractivity contribution in [2.24, 2.45) is 10.9 Å². The predicted octanol–water partition coefficient (Wildman–Crippen LogP) is 1.08. The van der Waals surface area contributed by atoms with Crippen molar-refractivity contribution in [3.05, 3.63) is 67.5 Å². The quantitative estimate of drug-likeness (QED) is 0.587. The van der Waals surface area contributed by atoms with Crippen LogP contribution < -0.4 is 19.6 Å². The second kappa shape index (κ2) is 6.66. The molecule has 0 unspecified atom stereocenters. The molecule has 4 heterocycles. The zero-order chi connectivity index (χ0) is 21.0. The van der Waals surface area contributed by atoms with Crippen molar-refractivity contribution in [2.75, 3.05) is 7.11 Å². The van der Waals surface area contributed by atoms with Gasteiger partial charge in [0.05, 0.1) is 23.9 Å². The highest BCUT2D eigenvalue weighted by atomic mass is 32.1. The van der Waals surface area contributed by atoms with Crippen molar-refractivity contribution in [3.8, 4) is 5.75 Å². The lowest BCUT2D eigenvalue weighted by atomic mass is 9.81. The summed E-state index contributed by atoms with van der Waals surface area (Å²) in [5, 5.41) is 4.26. The average molecular weight is 424 g/mol. The fraction of sp³-hybridized carbons (Fsp3) is 0.333. The number of thiazole rings is 1. The van der Waals surface area contributed by atoms with E-state index in [0.29, 0.717) is 15.1 Å². The third kappa shape index (κ3) is 2.65. The molecule has 2 aromatic heterocycles. The number of hydrogen-bond acceptors (Lipinski definition) is 7. The summed E-state index contributed by atoms with van der Waals surface area (Å²) < 4.78 is 15.2. The largest absolute Gasteiger partial charge is 0.469 e. The molecule has 2 aliphatic rings. The maximum atomic E-state index is 13.4. The van der Waals surface area contributed by atoms with Gasteiger partial charge in [-0.3, -0.25) is 18.8 Å². The zero-order valence-electron chi connectivity index (χ0n) is 16.7. The van der Waals surface area contributed by atoms with Gasteiger partial charge in [-0.1, -0.05) is 29.5 Å². The van der Waals surface area contributed by atoms with Crippen LogP contribution in [-0.2, 0) is 16.1 Å². The summed E-state index contributed by atoms with van der Waals surface area (Å²) in [5.74, 6) is -0.612. The van der Waals surface area contributed by atoms with Crippen LogP contribution in [0.4, 0.5) is 0 Å². The first-order valence-corrected chi connectivity index (χ1v) is 10.5. The summed E-state index contributed by atoms with van der Waals surface area (Å²) in [6, 6.07) is 6.89. The van der Waals surface area contributed by atoms with Crippen molar-refractivity contribution < 1.29 is 14.3 Å². The minimum absolute atomic E-state index is 0.194. The molecule has 0 amide bonds. The van der Waals surface area contributed by atoms with E-state index < -0.39 is 23.7 Å². The Morgan fingerprint density at radius 1 is 1.40 bits per heavy atom. The molecule has 2 bridgehead atoms. The molecule has 30 heavy (non-hydrogen) atoms. The number of para-hydroxylation sites is 1. The van der Waals surface area contributed by atoms with Crippen LogP contribution >= 0.6 is 11.3 Å². The highest BCUT2D eigenvalue weighted by Crippen LogP contribution is 2.47. The van der Waals surface area contributed by atoms with E-state index >= 15 is 0 Å². The van der Waals surface area contributed by atoms with E-state index in [1.54, 1.807) is 28.4 Å². The average Bonchev–Trinajstić information content (AvgIpc) is 3.30. The maximum absolute atomic E-state index is 13.4. The first kappa shape index (κ1) is 18.8. The predicted molar refractivity (Wildman–Crippen MR) is 110 cm³/mol. The minimum atomic E-state index is -1.16. The highest BCUT2D eigenvalue weighted by molar-refractivity contribution is 7.07. The number of benzene rings is 1. The molecule has 0 saturated carbocycles. The van der Waals surface area contributed by atoms with Crippen LogP contribution in [0.5, 0.6) is 5.75 Å². The van der Waals surface area contributed by atoms with Gasteiger partial charge in [0.25, 0.3) is 5.56 Å². The van der Waals surface area contributed by atoms with Crippen molar-refractivity contribution in [1.29, 1.82) is 0 Å². The smallest absolute Gasteiger partial charge is 0.317 e. The standard InChI is InChI=1S/C21H20N4O4S/c1-4-24-11-12(10-22-24)9-15-18(26)25-17-13-7-5-6-8-14(13)29-21(2,23-20(25)30-15)16(17)19(27)28-3/h5-11,16-17H,4H2,1-3H3/b15-9-/t16-,17-,21+/m0/s1. The van der Waals surface area contributed by atoms with E-state index in [2.05, 4.69) is 5.10 Å². The van der Waals surface area contributed by atoms with Gasteiger partial charge in [-0.2, -0.15) is 5.10 Å². The lowest BCUT2D eigenvalue weighted by Crippen LogP contribution is -2.58. The molecule has 9 heteroatoms. The summed E-state index contributed by atoms with van der Waals surface area (Å²) in [4.78, 5) is 31.4. The molecule has 8 nitrogen and oxygen atoms in total. The summed E-state index contributed by atoms with van der Waals surface area (Å²) in [6.07, 6.45) is 5.41. The molecule has 154 valence electrons. The topological polar surface area (TPSA) is 87.7 Å². The number of ether oxygens (including phenoxy) is 2. The van der Waals surface area contributed by atoms with Crippen LogP contribution in [0.3, 0.4) is 0 Å². The molecule has 2 aliphatic heterocycles. The Hall–Kier alpha value is -3.20. The lowest BCUT2D eigenvalue weighted by molar-refractivity contribution is -0.158. The van der Waals surface area contributed by atoms with Gasteiger partial charge in [0, 0.05) is 23.9 Å². The second-order valence-corrected chi connectivity index (χ2v) is 8.46. The Kier molecular flexibility index (Phi) is 4.18. The van der Waals surface area contributed by atoms with Gasteiger partial charge in [-0.25, -0.2) is 4.99 Å². The molecular weight excluding hydrogens is 404 g/mol. The van der Waals surface area contributed by atoms with Gasteiger partial charge in [0.2, 0.25) is 5.72 Å². The molecule has 0 fully saturated rings. The number of carbonyl (C=O) groups is 1. The summed E-state index contributed by atoms with van der Waals surface area (Å²) in [5.41, 5.74) is 0.254. The number of nitrogens with zero attached hydrogens (tertiary/aromatic N) is 4. The molecule has 0 N–H and O–H groups in total. The Morgan fingerprint density at radius 2 is 2.20 bits per heavy atom. The summed E-state index contributed by atoms with van der Waals surface area (Å²) in [7, 11) is 1.34. The molecule has 0 saturated heterocycles. The number of carbonyl (C=O) groups excluding carboxylic acids is 1. The van der Waals surface area contributed by atoms with E-state index in [1.165, 1.54) is 18.4 Å². The SMILES string of the molecule is CCn1cc(/C=c2\sc3n(c2=O)[C@H]2c4ccccc4O[C@@](C)(N=3)[C@@H]2C(=O)OC)cn1. The van der Waals surface area contributed by atoms with Crippen molar-refractivity contribution in [3.63, 3.8) is 0 Å². The first-order chi connectivity index (χ1) is 14.4. The first-order valence-electron chi connectivity index (χ1n) is 9.66. The van der Waals surface area contributed by atoms with Crippen LogP contribution in [0.15, 0.2) is 46.4 Å².